The molecule has 0 spiro atoms. The van der Waals surface area contributed by atoms with Gasteiger partial charge in [-0.3, -0.25) is 19.8 Å². The summed E-state index contributed by atoms with van der Waals surface area (Å²) in [6.07, 6.45) is 6.37. The predicted molar refractivity (Wildman–Crippen MR) is 120 cm³/mol. The van der Waals surface area contributed by atoms with Gasteiger partial charge in [0.05, 0.1) is 22.2 Å². The van der Waals surface area contributed by atoms with Crippen molar-refractivity contribution in [3.8, 4) is 0 Å². The molecule has 160 valence electrons. The number of nitrogens with zero attached hydrogens (tertiary/aromatic N) is 2. The fourth-order valence-corrected chi connectivity index (χ4v) is 4.01. The van der Waals surface area contributed by atoms with Gasteiger partial charge in [-0.1, -0.05) is 49.1 Å². The maximum Gasteiger partial charge on any atom is 0.271 e. The molecule has 0 aliphatic heterocycles. The van der Waals surface area contributed by atoms with Crippen LogP contribution in [-0.4, -0.2) is 35.4 Å². The molecule has 0 saturated heterocycles. The topological polar surface area (TPSA) is 87.5 Å². The van der Waals surface area contributed by atoms with Crippen molar-refractivity contribution >= 4 is 34.6 Å². The number of nitrogens with one attached hydrogen (secondary N) is 2. The Hall–Kier alpha value is -2.64. The molecule has 0 radical (unpaired) electrons. The van der Waals surface area contributed by atoms with Crippen LogP contribution >= 0.6 is 11.6 Å². The molecule has 2 aromatic carbocycles. The maximum absolute atomic E-state index is 12.4. The lowest BCUT2D eigenvalue weighted by atomic mass is 9.94. The van der Waals surface area contributed by atoms with Crippen LogP contribution in [0.25, 0.3) is 0 Å². The third-order valence-electron chi connectivity index (χ3n) is 5.51. The molecular weight excluding hydrogens is 404 g/mol. The van der Waals surface area contributed by atoms with Crippen molar-refractivity contribution in [2.45, 2.75) is 44.7 Å². The molecule has 0 unspecified atom stereocenters. The first-order chi connectivity index (χ1) is 14.4. The molecule has 1 fully saturated rings. The minimum Gasteiger partial charge on any atom is -0.376 e. The third kappa shape index (κ3) is 5.93. The van der Waals surface area contributed by atoms with Crippen molar-refractivity contribution in [1.82, 2.24) is 4.90 Å². The van der Waals surface area contributed by atoms with Gasteiger partial charge in [-0.25, -0.2) is 0 Å². The molecule has 1 aliphatic rings. The van der Waals surface area contributed by atoms with Gasteiger partial charge in [0.15, 0.2) is 0 Å². The van der Waals surface area contributed by atoms with Crippen molar-refractivity contribution < 1.29 is 9.72 Å². The fraction of sp³-hybridized carbons (Fsp3) is 0.409. The Balaban J connectivity index is 1.60. The van der Waals surface area contributed by atoms with Gasteiger partial charge in [0.1, 0.15) is 0 Å². The largest absolute Gasteiger partial charge is 0.376 e. The molecule has 30 heavy (non-hydrogen) atoms. The van der Waals surface area contributed by atoms with E-state index >= 15 is 0 Å². The molecule has 3 rings (SSSR count). The zero-order valence-corrected chi connectivity index (χ0v) is 17.8. The number of hydrogen-bond donors (Lipinski definition) is 2. The van der Waals surface area contributed by atoms with Crippen LogP contribution in [0.2, 0.25) is 5.02 Å². The van der Waals surface area contributed by atoms with Crippen LogP contribution in [0.3, 0.4) is 0 Å². The normalized spacial score (nSPS) is 14.5. The van der Waals surface area contributed by atoms with Crippen molar-refractivity contribution in [2.24, 2.45) is 0 Å². The second kappa shape index (κ2) is 10.4. The summed E-state index contributed by atoms with van der Waals surface area (Å²) in [5.41, 5.74) is 2.13. The number of amides is 1. The van der Waals surface area contributed by atoms with Crippen LogP contribution in [0.4, 0.5) is 17.1 Å². The summed E-state index contributed by atoms with van der Waals surface area (Å²) in [6.45, 7) is 0.843. The molecule has 1 aliphatic carbocycles. The van der Waals surface area contributed by atoms with E-state index in [9.17, 15) is 14.9 Å². The lowest BCUT2D eigenvalue weighted by molar-refractivity contribution is -0.384. The fourth-order valence-electron chi connectivity index (χ4n) is 3.84. The summed E-state index contributed by atoms with van der Waals surface area (Å²) < 4.78 is 0. The molecule has 1 amide bonds. The Kier molecular flexibility index (Phi) is 7.65. The first kappa shape index (κ1) is 22.1. The zero-order valence-electron chi connectivity index (χ0n) is 17.1. The molecule has 0 aromatic heterocycles. The molecule has 0 heterocycles. The minimum absolute atomic E-state index is 0.0309. The average Bonchev–Trinajstić information content (AvgIpc) is 2.75. The minimum atomic E-state index is -0.525. The van der Waals surface area contributed by atoms with Crippen molar-refractivity contribution in [3.63, 3.8) is 0 Å². The predicted octanol–water partition coefficient (Wildman–Crippen LogP) is 5.06. The number of rotatable bonds is 8. The van der Waals surface area contributed by atoms with Gasteiger partial charge in [-0.15, -0.1) is 0 Å². The number of anilines is 2. The van der Waals surface area contributed by atoms with Gasteiger partial charge >= 0.3 is 0 Å². The second-order valence-corrected chi connectivity index (χ2v) is 8.09. The highest BCUT2D eigenvalue weighted by Gasteiger charge is 2.19. The lowest BCUT2D eigenvalue weighted by Crippen LogP contribution is -2.33. The quantitative estimate of drug-likeness (QED) is 0.451. The molecule has 2 N–H and O–H groups in total. The number of carbonyl (C=O) groups excluding carboxylic acids is 1. The van der Waals surface area contributed by atoms with Gasteiger partial charge in [0, 0.05) is 30.4 Å². The van der Waals surface area contributed by atoms with Gasteiger partial charge in [0.2, 0.25) is 5.91 Å². The number of nitro groups is 1. The number of para-hydroxylation sites is 1. The van der Waals surface area contributed by atoms with E-state index in [4.69, 9.17) is 11.6 Å². The Morgan fingerprint density at radius 3 is 2.63 bits per heavy atom. The zero-order chi connectivity index (χ0) is 21.5. The van der Waals surface area contributed by atoms with Crippen LogP contribution < -0.4 is 10.6 Å². The van der Waals surface area contributed by atoms with Crippen LogP contribution in [0, 0.1) is 10.1 Å². The van der Waals surface area contributed by atoms with Crippen LogP contribution in [0.1, 0.15) is 37.7 Å². The number of non-ortho nitro benzene ring substituents is 1. The summed E-state index contributed by atoms with van der Waals surface area (Å²) in [6, 6.07) is 12.5. The molecular formula is C22H27ClN4O3. The van der Waals surface area contributed by atoms with Gasteiger partial charge in [0.25, 0.3) is 5.69 Å². The average molecular weight is 431 g/mol. The van der Waals surface area contributed by atoms with E-state index in [1.54, 1.807) is 0 Å². The Morgan fingerprint density at radius 1 is 1.17 bits per heavy atom. The summed E-state index contributed by atoms with van der Waals surface area (Å²) in [5, 5.41) is 17.0. The van der Waals surface area contributed by atoms with Crippen LogP contribution in [0.5, 0.6) is 0 Å². The van der Waals surface area contributed by atoms with E-state index < -0.39 is 4.92 Å². The summed E-state index contributed by atoms with van der Waals surface area (Å²) in [4.78, 5) is 25.2. The Labute approximate surface area is 181 Å². The van der Waals surface area contributed by atoms with E-state index in [-0.39, 0.29) is 28.8 Å². The first-order valence-electron chi connectivity index (χ1n) is 10.2. The van der Waals surface area contributed by atoms with Gasteiger partial charge in [-0.05, 0) is 37.6 Å². The molecule has 0 bridgehead atoms. The van der Waals surface area contributed by atoms with Crippen molar-refractivity contribution in [2.75, 3.05) is 24.2 Å². The van der Waals surface area contributed by atoms with E-state index in [0.29, 0.717) is 6.04 Å². The number of halogens is 1. The molecule has 8 heteroatoms. The van der Waals surface area contributed by atoms with E-state index in [1.165, 1.54) is 50.3 Å². The molecule has 7 nitrogen and oxygen atoms in total. The lowest BCUT2D eigenvalue weighted by Gasteiger charge is -2.31. The second-order valence-electron chi connectivity index (χ2n) is 7.69. The SMILES string of the molecule is CN(Cc1ccccc1NCC(=O)Nc1cc([N+](=O)[O-])ccc1Cl)C1CCCCC1. The van der Waals surface area contributed by atoms with Crippen molar-refractivity contribution in [1.29, 1.82) is 0 Å². The summed E-state index contributed by atoms with van der Waals surface area (Å²) >= 11 is 6.06. The molecule has 0 atom stereocenters. The smallest absolute Gasteiger partial charge is 0.271 e. The monoisotopic (exact) mass is 430 g/mol. The highest BCUT2D eigenvalue weighted by atomic mass is 35.5. The summed E-state index contributed by atoms with van der Waals surface area (Å²) in [5.74, 6) is -0.326. The first-order valence-corrected chi connectivity index (χ1v) is 10.6. The van der Waals surface area contributed by atoms with Crippen LogP contribution in [-0.2, 0) is 11.3 Å². The van der Waals surface area contributed by atoms with Crippen molar-refractivity contribution in [3.05, 3.63) is 63.2 Å². The Morgan fingerprint density at radius 2 is 1.90 bits per heavy atom. The van der Waals surface area contributed by atoms with Gasteiger partial charge in [-0.2, -0.15) is 0 Å². The summed E-state index contributed by atoms with van der Waals surface area (Å²) in [7, 11) is 2.16. The number of hydrogen-bond acceptors (Lipinski definition) is 5. The molecule has 2 aromatic rings. The van der Waals surface area contributed by atoms with Crippen LogP contribution in [0.15, 0.2) is 42.5 Å². The number of benzene rings is 2. The highest BCUT2D eigenvalue weighted by molar-refractivity contribution is 6.33. The Bertz CT molecular complexity index is 900. The van der Waals surface area contributed by atoms with E-state index in [2.05, 4.69) is 28.6 Å². The highest BCUT2D eigenvalue weighted by Crippen LogP contribution is 2.27. The van der Waals surface area contributed by atoms with Gasteiger partial charge < -0.3 is 10.6 Å². The maximum atomic E-state index is 12.4. The molecule has 1 saturated carbocycles. The standard InChI is InChI=1S/C22H27ClN4O3/c1-26(17-8-3-2-4-9-17)15-16-7-5-6-10-20(16)24-14-22(28)25-21-13-18(27(29)30)11-12-19(21)23/h5-7,10-13,17,24H,2-4,8-9,14-15H2,1H3,(H,25,28). The number of nitro benzene ring substituents is 1. The third-order valence-corrected chi connectivity index (χ3v) is 5.84. The number of carbonyl (C=O) groups is 1. The van der Waals surface area contributed by atoms with E-state index in [1.807, 2.05) is 18.2 Å². The van der Waals surface area contributed by atoms with E-state index in [0.717, 1.165) is 17.8 Å².